The van der Waals surface area contributed by atoms with Crippen molar-refractivity contribution < 1.29 is 10.2 Å². The molecular formula is C3H10NO2P. The molecule has 0 aromatic carbocycles. The first-order chi connectivity index (χ1) is 3.12. The highest BCUT2D eigenvalue weighted by Gasteiger charge is 2.15. The Labute approximate surface area is 44.7 Å². The van der Waals surface area contributed by atoms with Crippen LogP contribution in [0.1, 0.15) is 0 Å². The average molecular weight is 123 g/mol. The molecule has 3 nitrogen and oxygen atoms in total. The maximum atomic E-state index is 8.54. The minimum atomic E-state index is -1.68. The summed E-state index contributed by atoms with van der Waals surface area (Å²) in [5.74, 6) is -1.68. The molecule has 0 saturated heterocycles. The Hall–Kier alpha value is 0.310. The maximum absolute atomic E-state index is 8.54. The van der Waals surface area contributed by atoms with Gasteiger partial charge in [-0.2, -0.15) is 0 Å². The number of aliphatic hydroxyl groups is 2. The summed E-state index contributed by atoms with van der Waals surface area (Å²) < 4.78 is 0. The lowest BCUT2D eigenvalue weighted by atomic mass is 10.3. The van der Waals surface area contributed by atoms with Crippen molar-refractivity contribution in [2.24, 2.45) is 5.73 Å². The summed E-state index contributed by atoms with van der Waals surface area (Å²) in [6, 6.07) is 0. The first-order valence-corrected chi connectivity index (χ1v) is 2.79. The molecule has 0 fully saturated rings. The Bertz CT molecular complexity index is 50.9. The Morgan fingerprint density at radius 1 is 1.57 bits per heavy atom. The first kappa shape index (κ1) is 7.31. The summed E-state index contributed by atoms with van der Waals surface area (Å²) in [6.45, 7) is -0.115. The molecule has 0 saturated carbocycles. The molecule has 0 aliphatic heterocycles. The molecule has 0 amide bonds. The highest BCUT2D eigenvalue weighted by molar-refractivity contribution is 7.16. The van der Waals surface area contributed by atoms with Crippen molar-refractivity contribution in [1.29, 1.82) is 0 Å². The molecule has 0 aromatic heterocycles. The molecule has 0 bridgehead atoms. The third-order valence-corrected chi connectivity index (χ3v) is 1.31. The van der Waals surface area contributed by atoms with E-state index in [0.717, 1.165) is 0 Å². The second-order valence-corrected chi connectivity index (χ2v) is 1.80. The number of rotatable bonds is 2. The zero-order valence-corrected chi connectivity index (χ0v) is 5.12. The van der Waals surface area contributed by atoms with Crippen LogP contribution in [-0.4, -0.2) is 28.7 Å². The van der Waals surface area contributed by atoms with E-state index in [4.69, 9.17) is 15.9 Å². The van der Waals surface area contributed by atoms with Gasteiger partial charge >= 0.3 is 0 Å². The molecule has 0 aromatic rings. The van der Waals surface area contributed by atoms with Gasteiger partial charge in [-0.15, -0.1) is 9.24 Å². The molecule has 7 heavy (non-hydrogen) atoms. The summed E-state index contributed by atoms with van der Waals surface area (Å²) in [5.41, 5.74) is 4.90. The van der Waals surface area contributed by atoms with Gasteiger partial charge in [0.15, 0.2) is 5.79 Å². The fourth-order valence-electron chi connectivity index (χ4n) is 0.0833. The van der Waals surface area contributed by atoms with E-state index in [1.165, 1.54) is 0 Å². The fraction of sp³-hybridized carbons (Fsp3) is 1.00. The zero-order valence-electron chi connectivity index (χ0n) is 3.96. The van der Waals surface area contributed by atoms with E-state index in [1.54, 1.807) is 0 Å². The third kappa shape index (κ3) is 2.94. The lowest BCUT2D eigenvalue weighted by Crippen LogP contribution is -2.38. The van der Waals surface area contributed by atoms with E-state index in [9.17, 15) is 0 Å². The van der Waals surface area contributed by atoms with Crippen LogP contribution in [0.3, 0.4) is 0 Å². The van der Waals surface area contributed by atoms with E-state index < -0.39 is 5.79 Å². The summed E-state index contributed by atoms with van der Waals surface area (Å²) in [6.07, 6.45) is 0.198. The normalized spacial score (nSPS) is 12.0. The van der Waals surface area contributed by atoms with Gasteiger partial charge in [0.25, 0.3) is 0 Å². The molecule has 44 valence electrons. The Morgan fingerprint density at radius 2 is 2.00 bits per heavy atom. The molecule has 1 atom stereocenters. The largest absolute Gasteiger partial charge is 0.364 e. The van der Waals surface area contributed by atoms with Gasteiger partial charge in [-0.05, 0) is 0 Å². The van der Waals surface area contributed by atoms with Crippen molar-refractivity contribution in [1.82, 2.24) is 0 Å². The highest BCUT2D eigenvalue weighted by atomic mass is 31.0. The first-order valence-electron chi connectivity index (χ1n) is 1.97. The maximum Gasteiger partial charge on any atom is 0.178 e. The second kappa shape index (κ2) is 2.58. The van der Waals surface area contributed by atoms with Crippen LogP contribution in [0.15, 0.2) is 0 Å². The zero-order chi connectivity index (χ0) is 5.91. The minimum Gasteiger partial charge on any atom is -0.364 e. The number of nitrogens with two attached hydrogens (primary N) is 1. The van der Waals surface area contributed by atoms with Crippen LogP contribution in [0, 0.1) is 0 Å². The van der Waals surface area contributed by atoms with Crippen LogP contribution in [0.5, 0.6) is 0 Å². The van der Waals surface area contributed by atoms with E-state index >= 15 is 0 Å². The van der Waals surface area contributed by atoms with Crippen molar-refractivity contribution in [3.05, 3.63) is 0 Å². The minimum absolute atomic E-state index is 0.115. The lowest BCUT2D eigenvalue weighted by molar-refractivity contribution is -0.130. The summed E-state index contributed by atoms with van der Waals surface area (Å²) in [7, 11) is 2.19. The van der Waals surface area contributed by atoms with Crippen LogP contribution >= 0.6 is 9.24 Å². The topological polar surface area (TPSA) is 66.5 Å². The Morgan fingerprint density at radius 3 is 2.00 bits per heavy atom. The molecule has 4 heteroatoms. The molecule has 0 aliphatic carbocycles. The third-order valence-electron chi connectivity index (χ3n) is 0.654. The summed E-state index contributed by atoms with van der Waals surface area (Å²) >= 11 is 0. The average Bonchev–Trinajstić information content (AvgIpc) is 1.68. The molecule has 0 rings (SSSR count). The van der Waals surface area contributed by atoms with Crippen molar-refractivity contribution in [3.63, 3.8) is 0 Å². The molecule has 0 spiro atoms. The van der Waals surface area contributed by atoms with Gasteiger partial charge in [-0.3, -0.25) is 0 Å². The highest BCUT2D eigenvalue weighted by Crippen LogP contribution is 1.99. The van der Waals surface area contributed by atoms with Crippen LogP contribution in [-0.2, 0) is 0 Å². The second-order valence-electron chi connectivity index (χ2n) is 1.39. The lowest BCUT2D eigenvalue weighted by Gasteiger charge is -2.15. The predicted molar refractivity (Wildman–Crippen MR) is 30.8 cm³/mol. The van der Waals surface area contributed by atoms with Crippen molar-refractivity contribution in [2.45, 2.75) is 5.79 Å². The number of hydrogen-bond acceptors (Lipinski definition) is 3. The molecule has 0 aliphatic rings. The molecule has 0 heterocycles. The number of hydrogen-bond donors (Lipinski definition) is 3. The SMILES string of the molecule is NCC(O)(O)CP. The van der Waals surface area contributed by atoms with Crippen molar-refractivity contribution >= 4 is 9.24 Å². The van der Waals surface area contributed by atoms with E-state index in [1.807, 2.05) is 0 Å². The molecule has 4 N–H and O–H groups in total. The van der Waals surface area contributed by atoms with E-state index in [-0.39, 0.29) is 12.7 Å². The van der Waals surface area contributed by atoms with Gasteiger partial charge in [0.1, 0.15) is 0 Å². The molecule has 1 unspecified atom stereocenters. The fourth-order valence-corrected chi connectivity index (χ4v) is 0.250. The smallest absolute Gasteiger partial charge is 0.178 e. The predicted octanol–water partition coefficient (Wildman–Crippen LogP) is -1.50. The van der Waals surface area contributed by atoms with Crippen LogP contribution < -0.4 is 5.73 Å². The van der Waals surface area contributed by atoms with Crippen molar-refractivity contribution in [3.8, 4) is 0 Å². The van der Waals surface area contributed by atoms with Gasteiger partial charge in [-0.1, -0.05) is 0 Å². The quantitative estimate of drug-likeness (QED) is 0.309. The van der Waals surface area contributed by atoms with Gasteiger partial charge in [0.2, 0.25) is 0 Å². The summed E-state index contributed by atoms with van der Waals surface area (Å²) in [5, 5.41) is 17.1. The summed E-state index contributed by atoms with van der Waals surface area (Å²) in [4.78, 5) is 0. The van der Waals surface area contributed by atoms with Gasteiger partial charge in [0.05, 0.1) is 0 Å². The van der Waals surface area contributed by atoms with Crippen molar-refractivity contribution in [2.75, 3.05) is 12.7 Å². The van der Waals surface area contributed by atoms with Crippen LogP contribution in [0.2, 0.25) is 0 Å². The van der Waals surface area contributed by atoms with Gasteiger partial charge in [0, 0.05) is 12.7 Å². The van der Waals surface area contributed by atoms with Gasteiger partial charge < -0.3 is 15.9 Å². The van der Waals surface area contributed by atoms with Crippen LogP contribution in [0.25, 0.3) is 0 Å². The monoisotopic (exact) mass is 123 g/mol. The molecule has 0 radical (unpaired) electrons. The molecular weight excluding hydrogens is 113 g/mol. The Balaban J connectivity index is 3.36. The van der Waals surface area contributed by atoms with E-state index in [0.29, 0.717) is 0 Å². The standard InChI is InChI=1S/C3H10NO2P/c4-1-3(5,6)2-7/h5-6H,1-2,4,7H2. The Kier molecular flexibility index (Phi) is 2.69. The van der Waals surface area contributed by atoms with E-state index in [2.05, 4.69) is 9.24 Å². The van der Waals surface area contributed by atoms with Gasteiger partial charge in [-0.25, -0.2) is 0 Å². The van der Waals surface area contributed by atoms with Crippen LogP contribution in [0.4, 0.5) is 0 Å².